The van der Waals surface area contributed by atoms with Gasteiger partial charge in [-0.1, -0.05) is 30.3 Å². The van der Waals surface area contributed by atoms with Crippen molar-refractivity contribution in [1.29, 1.82) is 0 Å². The van der Waals surface area contributed by atoms with Crippen molar-refractivity contribution >= 4 is 38.1 Å². The number of rotatable bonds is 6. The number of aromatic nitrogens is 1. The number of carbonyl (C=O) groups is 1. The van der Waals surface area contributed by atoms with Gasteiger partial charge in [0.05, 0.1) is 16.3 Å². The highest BCUT2D eigenvalue weighted by molar-refractivity contribution is 7.92. The summed E-state index contributed by atoms with van der Waals surface area (Å²) in [6, 6.07) is 13.8. The molecule has 0 bridgehead atoms. The van der Waals surface area contributed by atoms with Crippen molar-refractivity contribution in [2.75, 3.05) is 22.3 Å². The smallest absolute Gasteiger partial charge is 0.264 e. The molecule has 2 aliphatic rings. The zero-order valence-corrected chi connectivity index (χ0v) is 19.9. The van der Waals surface area contributed by atoms with Gasteiger partial charge < -0.3 is 0 Å². The van der Waals surface area contributed by atoms with Crippen LogP contribution in [-0.2, 0) is 29.3 Å². The number of fused-ring (bicyclic) bond motifs is 2. The first-order valence-corrected chi connectivity index (χ1v) is 13.4. The molecule has 2 aromatic carbocycles. The van der Waals surface area contributed by atoms with Gasteiger partial charge in [0.15, 0.2) is 5.13 Å². The monoisotopic (exact) mass is 479 g/mol. The highest BCUT2D eigenvalue weighted by Gasteiger charge is 2.31. The Balaban J connectivity index is 1.47. The Morgan fingerprint density at radius 3 is 2.76 bits per heavy atom. The van der Waals surface area contributed by atoms with E-state index in [2.05, 4.69) is 6.58 Å². The molecule has 0 unspecified atom stereocenters. The van der Waals surface area contributed by atoms with Gasteiger partial charge in [-0.25, -0.2) is 13.4 Å². The van der Waals surface area contributed by atoms with E-state index in [1.165, 1.54) is 15.2 Å². The van der Waals surface area contributed by atoms with Gasteiger partial charge in [-0.2, -0.15) is 0 Å². The number of nitrogens with zero attached hydrogens (tertiary/aromatic N) is 3. The third-order valence-corrected chi connectivity index (χ3v) is 9.13. The number of sulfonamides is 1. The SMILES string of the molecule is C=CCN(C(=O)c1cccc(S(=O)(=O)N2CCc3ccccc32)c1)c1nc2c(s1)CCCC2. The Morgan fingerprint density at radius 1 is 1.12 bits per heavy atom. The van der Waals surface area contributed by atoms with E-state index in [-0.39, 0.29) is 10.8 Å². The summed E-state index contributed by atoms with van der Waals surface area (Å²) in [5.41, 5.74) is 3.11. The molecule has 0 fully saturated rings. The van der Waals surface area contributed by atoms with Gasteiger partial charge in [0.2, 0.25) is 0 Å². The van der Waals surface area contributed by atoms with E-state index in [1.54, 1.807) is 40.5 Å². The first-order valence-electron chi connectivity index (χ1n) is 11.1. The largest absolute Gasteiger partial charge is 0.280 e. The van der Waals surface area contributed by atoms with Crippen LogP contribution in [0.4, 0.5) is 10.8 Å². The van der Waals surface area contributed by atoms with E-state index < -0.39 is 10.0 Å². The summed E-state index contributed by atoms with van der Waals surface area (Å²) < 4.78 is 28.3. The van der Waals surface area contributed by atoms with E-state index in [0.717, 1.165) is 36.9 Å². The van der Waals surface area contributed by atoms with Crippen molar-refractivity contribution in [3.8, 4) is 0 Å². The van der Waals surface area contributed by atoms with Crippen LogP contribution in [0.2, 0.25) is 0 Å². The molecule has 0 atom stereocenters. The van der Waals surface area contributed by atoms with Gasteiger partial charge in [-0.05, 0) is 61.9 Å². The molecular weight excluding hydrogens is 454 g/mol. The molecule has 1 aliphatic carbocycles. The molecule has 0 saturated carbocycles. The van der Waals surface area contributed by atoms with E-state index >= 15 is 0 Å². The average molecular weight is 480 g/mol. The number of para-hydroxylation sites is 1. The molecule has 0 N–H and O–H groups in total. The minimum atomic E-state index is -3.78. The maximum Gasteiger partial charge on any atom is 0.264 e. The van der Waals surface area contributed by atoms with Crippen LogP contribution in [0.15, 0.2) is 66.1 Å². The average Bonchev–Trinajstić information content (AvgIpc) is 3.47. The molecule has 3 aromatic rings. The lowest BCUT2D eigenvalue weighted by molar-refractivity contribution is 0.0989. The van der Waals surface area contributed by atoms with Crippen molar-refractivity contribution < 1.29 is 13.2 Å². The fraction of sp³-hybridized carbons (Fsp3) is 0.280. The Kier molecular flexibility index (Phi) is 5.80. The van der Waals surface area contributed by atoms with Crippen molar-refractivity contribution in [2.45, 2.75) is 37.0 Å². The molecule has 0 saturated heterocycles. The Morgan fingerprint density at radius 2 is 1.94 bits per heavy atom. The van der Waals surface area contributed by atoms with Gasteiger partial charge >= 0.3 is 0 Å². The Hall–Kier alpha value is -2.97. The molecule has 2 heterocycles. The first-order chi connectivity index (χ1) is 16.0. The topological polar surface area (TPSA) is 70.6 Å². The summed E-state index contributed by atoms with van der Waals surface area (Å²) in [4.78, 5) is 21.1. The second-order valence-corrected chi connectivity index (χ2v) is 11.2. The number of carbonyl (C=O) groups excluding carboxylic acids is 1. The fourth-order valence-corrected chi connectivity index (χ4v) is 7.17. The number of hydrogen-bond donors (Lipinski definition) is 0. The lowest BCUT2D eigenvalue weighted by atomic mass is 10.0. The van der Waals surface area contributed by atoms with Gasteiger partial charge in [-0.3, -0.25) is 14.0 Å². The lowest BCUT2D eigenvalue weighted by Crippen LogP contribution is -2.32. The lowest BCUT2D eigenvalue weighted by Gasteiger charge is -2.21. The number of anilines is 2. The van der Waals surface area contributed by atoms with Crippen LogP contribution >= 0.6 is 11.3 Å². The third kappa shape index (κ3) is 3.98. The number of hydrogen-bond acceptors (Lipinski definition) is 5. The van der Waals surface area contributed by atoms with Gasteiger partial charge in [0.1, 0.15) is 0 Å². The molecular formula is C25H25N3O3S2. The molecule has 0 radical (unpaired) electrons. The maximum atomic E-state index is 13.5. The van der Waals surface area contributed by atoms with Crippen LogP contribution < -0.4 is 9.21 Å². The number of aryl methyl sites for hydroxylation is 2. The van der Waals surface area contributed by atoms with Crippen molar-refractivity contribution in [2.24, 2.45) is 0 Å². The highest BCUT2D eigenvalue weighted by Crippen LogP contribution is 2.34. The molecule has 5 rings (SSSR count). The molecule has 1 aromatic heterocycles. The van der Waals surface area contributed by atoms with Crippen LogP contribution in [0.5, 0.6) is 0 Å². The predicted molar refractivity (Wildman–Crippen MR) is 132 cm³/mol. The van der Waals surface area contributed by atoms with E-state index in [1.807, 2.05) is 24.3 Å². The number of amides is 1. The molecule has 6 nitrogen and oxygen atoms in total. The molecule has 0 spiro atoms. The summed E-state index contributed by atoms with van der Waals surface area (Å²) in [5.74, 6) is -0.278. The summed E-state index contributed by atoms with van der Waals surface area (Å²) in [6.45, 7) is 4.50. The minimum absolute atomic E-state index is 0.113. The fourth-order valence-electron chi connectivity index (χ4n) is 4.46. The quantitative estimate of drug-likeness (QED) is 0.484. The molecule has 1 aliphatic heterocycles. The van der Waals surface area contributed by atoms with Crippen LogP contribution in [0.3, 0.4) is 0 Å². The summed E-state index contributed by atoms with van der Waals surface area (Å²) in [7, 11) is -3.78. The molecule has 170 valence electrons. The molecule has 1 amide bonds. The van der Waals surface area contributed by atoms with Crippen LogP contribution in [-0.4, -0.2) is 32.4 Å². The van der Waals surface area contributed by atoms with Crippen molar-refractivity contribution in [3.05, 3.63) is 82.9 Å². The summed E-state index contributed by atoms with van der Waals surface area (Å²) in [6.07, 6.45) is 6.53. The zero-order chi connectivity index (χ0) is 23.0. The summed E-state index contributed by atoms with van der Waals surface area (Å²) >= 11 is 1.55. The minimum Gasteiger partial charge on any atom is -0.280 e. The molecule has 8 heteroatoms. The van der Waals surface area contributed by atoms with E-state index in [0.29, 0.717) is 35.9 Å². The van der Waals surface area contributed by atoms with Crippen LogP contribution in [0, 0.1) is 0 Å². The Labute approximate surface area is 198 Å². The first kappa shape index (κ1) is 21.9. The normalized spacial score (nSPS) is 15.1. The standard InChI is InChI=1S/C25H25N3O3S2/c1-2-15-27(25-26-21-11-4-6-13-23(21)32-25)24(29)19-9-7-10-20(17-19)33(30,31)28-16-14-18-8-3-5-12-22(18)28/h2-3,5,7-10,12,17H,1,4,6,11,13-16H2. The van der Waals surface area contributed by atoms with Gasteiger partial charge in [-0.15, -0.1) is 17.9 Å². The second kappa shape index (κ2) is 8.76. The van der Waals surface area contributed by atoms with E-state index in [4.69, 9.17) is 4.98 Å². The zero-order valence-electron chi connectivity index (χ0n) is 18.2. The van der Waals surface area contributed by atoms with E-state index in [9.17, 15) is 13.2 Å². The summed E-state index contributed by atoms with van der Waals surface area (Å²) in [5, 5.41) is 0.647. The second-order valence-electron chi connectivity index (χ2n) is 8.26. The van der Waals surface area contributed by atoms with Gasteiger partial charge in [0.25, 0.3) is 15.9 Å². The van der Waals surface area contributed by atoms with Crippen LogP contribution in [0.25, 0.3) is 0 Å². The third-order valence-electron chi connectivity index (χ3n) is 6.14. The molecule has 33 heavy (non-hydrogen) atoms. The van der Waals surface area contributed by atoms with Crippen molar-refractivity contribution in [3.63, 3.8) is 0 Å². The maximum absolute atomic E-state index is 13.5. The number of thiazole rings is 1. The van der Waals surface area contributed by atoms with Crippen molar-refractivity contribution in [1.82, 2.24) is 4.98 Å². The highest BCUT2D eigenvalue weighted by atomic mass is 32.2. The number of benzene rings is 2. The predicted octanol–water partition coefficient (Wildman–Crippen LogP) is 4.61. The van der Waals surface area contributed by atoms with Gasteiger partial charge in [0, 0.05) is 23.5 Å². The Bertz CT molecular complexity index is 1310. The van der Waals surface area contributed by atoms with Crippen LogP contribution in [0.1, 0.15) is 39.3 Å².